The highest BCUT2D eigenvalue weighted by Gasteiger charge is 1.94. The van der Waals surface area contributed by atoms with Gasteiger partial charge in [-0.1, -0.05) is 57.1 Å². The molecule has 0 aromatic rings. The van der Waals surface area contributed by atoms with E-state index in [1.54, 1.807) is 0 Å². The largest absolute Gasteiger partial charge is 0.494 e. The third-order valence-corrected chi connectivity index (χ3v) is 3.44. The third kappa shape index (κ3) is 13.5. The first-order valence-electron chi connectivity index (χ1n) is 8.37. The number of allylic oxidation sites excluding steroid dienone is 4. The topological polar surface area (TPSA) is 9.23 Å². The molecule has 0 amide bonds. The summed E-state index contributed by atoms with van der Waals surface area (Å²) in [4.78, 5) is 0. The fourth-order valence-electron chi connectivity index (χ4n) is 2.21. The summed E-state index contributed by atoms with van der Waals surface area (Å²) in [6.07, 6.45) is 21.4. The van der Waals surface area contributed by atoms with Crippen LogP contribution in [0.2, 0.25) is 0 Å². The van der Waals surface area contributed by atoms with Gasteiger partial charge in [-0.3, -0.25) is 0 Å². The van der Waals surface area contributed by atoms with E-state index in [0.29, 0.717) is 0 Å². The second-order valence-electron chi connectivity index (χ2n) is 5.30. The summed E-state index contributed by atoms with van der Waals surface area (Å²) in [5, 5.41) is 0. The number of unbranched alkanes of at least 4 members (excludes halogenated alkanes) is 9. The zero-order valence-electron chi connectivity index (χ0n) is 13.7. The molecule has 0 rings (SSSR count). The van der Waals surface area contributed by atoms with E-state index in [4.69, 9.17) is 4.74 Å². The lowest BCUT2D eigenvalue weighted by atomic mass is 10.1. The fourth-order valence-corrected chi connectivity index (χ4v) is 2.21. The predicted octanol–water partition coefficient (Wildman–Crippen LogP) is 6.57. The molecule has 0 aliphatic rings. The first-order valence-corrected chi connectivity index (χ1v) is 8.37. The number of hydrogen-bond donors (Lipinski definition) is 0. The van der Waals surface area contributed by atoms with E-state index >= 15 is 0 Å². The van der Waals surface area contributed by atoms with Crippen LogP contribution in [0, 0.1) is 0 Å². The van der Waals surface area contributed by atoms with Crippen molar-refractivity contribution in [2.45, 2.75) is 78.1 Å². The van der Waals surface area contributed by atoms with E-state index in [2.05, 4.69) is 6.58 Å². The maximum Gasteiger partial charge on any atom is 0.114 e. The summed E-state index contributed by atoms with van der Waals surface area (Å²) >= 11 is 0. The highest BCUT2D eigenvalue weighted by atomic mass is 16.5. The van der Waals surface area contributed by atoms with Crippen LogP contribution in [0.25, 0.3) is 0 Å². The monoisotopic (exact) mass is 278 g/mol. The van der Waals surface area contributed by atoms with Crippen LogP contribution in [0.4, 0.5) is 0 Å². The molecular weight excluding hydrogens is 244 g/mol. The Labute approximate surface area is 126 Å². The Morgan fingerprint density at radius 3 is 1.90 bits per heavy atom. The van der Waals surface area contributed by atoms with Crippen LogP contribution in [0.3, 0.4) is 0 Å². The normalized spacial score (nSPS) is 12.0. The van der Waals surface area contributed by atoms with Gasteiger partial charge in [0.15, 0.2) is 0 Å². The van der Waals surface area contributed by atoms with Crippen molar-refractivity contribution in [3.05, 3.63) is 36.6 Å². The summed E-state index contributed by atoms with van der Waals surface area (Å²) in [6.45, 7) is 8.64. The van der Waals surface area contributed by atoms with Crippen LogP contribution in [0.5, 0.6) is 0 Å². The lowest BCUT2D eigenvalue weighted by Crippen LogP contribution is -1.93. The molecule has 0 radical (unpaired) electrons. The highest BCUT2D eigenvalue weighted by molar-refractivity contribution is 5.09. The molecule has 0 aromatic carbocycles. The van der Waals surface area contributed by atoms with Gasteiger partial charge < -0.3 is 4.74 Å². The van der Waals surface area contributed by atoms with Gasteiger partial charge in [0.05, 0.1) is 6.61 Å². The first-order chi connectivity index (χ1) is 9.85. The smallest absolute Gasteiger partial charge is 0.114 e. The van der Waals surface area contributed by atoms with Gasteiger partial charge in [0.2, 0.25) is 0 Å². The Hall–Kier alpha value is -0.980. The van der Waals surface area contributed by atoms with Crippen LogP contribution in [0.1, 0.15) is 78.1 Å². The van der Waals surface area contributed by atoms with Gasteiger partial charge >= 0.3 is 0 Å². The van der Waals surface area contributed by atoms with E-state index in [0.717, 1.165) is 12.4 Å². The molecule has 0 N–H and O–H groups in total. The average Bonchev–Trinajstić information content (AvgIpc) is 2.47. The van der Waals surface area contributed by atoms with Crippen LogP contribution in [0.15, 0.2) is 36.6 Å². The summed E-state index contributed by atoms with van der Waals surface area (Å²) in [5.41, 5.74) is 0. The molecule has 0 fully saturated rings. The van der Waals surface area contributed by atoms with Crippen LogP contribution < -0.4 is 0 Å². The second-order valence-corrected chi connectivity index (χ2v) is 5.30. The minimum atomic E-state index is 0.853. The van der Waals surface area contributed by atoms with E-state index in [1.165, 1.54) is 64.2 Å². The van der Waals surface area contributed by atoms with E-state index in [1.807, 2.05) is 38.2 Å². The van der Waals surface area contributed by atoms with Gasteiger partial charge in [-0.05, 0) is 45.3 Å². The molecule has 0 aromatic heterocycles. The molecule has 0 bridgehead atoms. The van der Waals surface area contributed by atoms with Crippen LogP contribution in [-0.2, 0) is 4.74 Å². The van der Waals surface area contributed by atoms with Crippen LogP contribution in [-0.4, -0.2) is 6.61 Å². The molecule has 0 saturated heterocycles. The van der Waals surface area contributed by atoms with E-state index in [-0.39, 0.29) is 0 Å². The van der Waals surface area contributed by atoms with Crippen molar-refractivity contribution < 1.29 is 4.74 Å². The summed E-state index contributed by atoms with van der Waals surface area (Å²) in [7, 11) is 0. The van der Waals surface area contributed by atoms with Gasteiger partial charge in [0.25, 0.3) is 0 Å². The zero-order valence-corrected chi connectivity index (χ0v) is 13.7. The Balaban J connectivity index is 3.19. The Kier molecular flexibility index (Phi) is 15.3. The standard InChI is InChI=1S/C19H34O/c1-4-7-8-9-10-11-12-13-14-15-16-18-20-19(6-3)17-5-2/h4-6,17H,1,7-16,18H2,2-3H3/b17-5-,19-6+. The van der Waals surface area contributed by atoms with Crippen molar-refractivity contribution in [2.24, 2.45) is 0 Å². The average molecular weight is 278 g/mol. The van der Waals surface area contributed by atoms with Crippen molar-refractivity contribution in [3.63, 3.8) is 0 Å². The quantitative estimate of drug-likeness (QED) is 0.151. The summed E-state index contributed by atoms with van der Waals surface area (Å²) in [5.74, 6) is 0.993. The molecule has 1 nitrogen and oxygen atoms in total. The first kappa shape index (κ1) is 19.0. The minimum absolute atomic E-state index is 0.853. The number of hydrogen-bond acceptors (Lipinski definition) is 1. The Morgan fingerprint density at radius 2 is 1.40 bits per heavy atom. The van der Waals surface area contributed by atoms with E-state index < -0.39 is 0 Å². The zero-order chi connectivity index (χ0) is 14.9. The maximum absolute atomic E-state index is 5.68. The minimum Gasteiger partial charge on any atom is -0.494 e. The molecule has 0 heterocycles. The Morgan fingerprint density at radius 1 is 0.850 bits per heavy atom. The van der Waals surface area contributed by atoms with Gasteiger partial charge in [-0.15, -0.1) is 6.58 Å². The molecule has 0 unspecified atom stereocenters. The van der Waals surface area contributed by atoms with Gasteiger partial charge in [0, 0.05) is 0 Å². The molecule has 0 saturated carbocycles. The molecule has 0 atom stereocenters. The van der Waals surface area contributed by atoms with Crippen molar-refractivity contribution in [2.75, 3.05) is 6.61 Å². The molecule has 1 heteroatoms. The van der Waals surface area contributed by atoms with Crippen molar-refractivity contribution >= 4 is 0 Å². The SMILES string of the molecule is C=CCCCCCCCCCCCOC(/C=C\C)=C/C. The van der Waals surface area contributed by atoms with E-state index in [9.17, 15) is 0 Å². The molecule has 20 heavy (non-hydrogen) atoms. The molecule has 0 spiro atoms. The molecule has 0 aliphatic heterocycles. The lowest BCUT2D eigenvalue weighted by molar-refractivity contribution is 0.216. The second kappa shape index (κ2) is 16.1. The van der Waals surface area contributed by atoms with Crippen LogP contribution >= 0.6 is 0 Å². The highest BCUT2D eigenvalue weighted by Crippen LogP contribution is 2.11. The maximum atomic E-state index is 5.68. The third-order valence-electron chi connectivity index (χ3n) is 3.44. The van der Waals surface area contributed by atoms with Gasteiger partial charge in [0.1, 0.15) is 5.76 Å². The van der Waals surface area contributed by atoms with Gasteiger partial charge in [-0.2, -0.15) is 0 Å². The summed E-state index contributed by atoms with van der Waals surface area (Å²) < 4.78 is 5.68. The predicted molar refractivity (Wildman–Crippen MR) is 90.9 cm³/mol. The summed E-state index contributed by atoms with van der Waals surface area (Å²) in [6, 6.07) is 0. The lowest BCUT2D eigenvalue weighted by Gasteiger charge is -2.06. The van der Waals surface area contributed by atoms with Crippen molar-refractivity contribution in [1.82, 2.24) is 0 Å². The van der Waals surface area contributed by atoms with Gasteiger partial charge in [-0.25, -0.2) is 0 Å². The molecular formula is C19H34O. The van der Waals surface area contributed by atoms with Crippen molar-refractivity contribution in [1.29, 1.82) is 0 Å². The molecule has 0 aliphatic carbocycles. The molecule has 116 valence electrons. The Bertz CT molecular complexity index is 263. The fraction of sp³-hybridized carbons (Fsp3) is 0.684. The number of rotatable bonds is 14. The number of ether oxygens (including phenoxy) is 1. The van der Waals surface area contributed by atoms with Crippen molar-refractivity contribution in [3.8, 4) is 0 Å².